The molecule has 4 aromatic heterocycles. The number of amides is 3. The lowest BCUT2D eigenvalue weighted by molar-refractivity contribution is -0.144. The number of nitrogens with one attached hydrogen (secondary N) is 3. The number of allylic oxidation sites excluding steroid dienone is 1. The standard InChI is InChI=1S/C54H68N12O7S/c1-8-22-65-50(70)41-32-56-52(61-48(41)66(65)44-12-9-11-43(59-44)54(6,7)72)58-38-17-19-39(20-18-38)63-26-24-62(25-27-63)23-10-28-73-29-21-45(68)60-47(53(3,4)5)51(71)64-33-40(67)30-42(64)49(69)55-31-36-13-15-37(16-14-36)46-35(2)57-34-74-46/h8-9,11-20,32,34,40,42,47,67,72H,1,10,21-31,33H2,2-7H3,(H,55,69)(H,60,68)(H,56,58,61)/t40-,42+,47-/m1/s1. The van der Waals surface area contributed by atoms with Crippen LogP contribution in [0.25, 0.3) is 27.3 Å². The highest BCUT2D eigenvalue weighted by atomic mass is 32.1. The van der Waals surface area contributed by atoms with Crippen LogP contribution in [0.5, 0.6) is 0 Å². The molecule has 392 valence electrons. The third-order valence-corrected chi connectivity index (χ3v) is 14.3. The molecule has 0 unspecified atom stereocenters. The Kier molecular flexibility index (Phi) is 16.7. The van der Waals surface area contributed by atoms with Gasteiger partial charge >= 0.3 is 0 Å². The number of aliphatic hydroxyl groups excluding tert-OH is 1. The highest BCUT2D eigenvalue weighted by molar-refractivity contribution is 7.13. The first kappa shape index (κ1) is 53.5. The summed E-state index contributed by atoms with van der Waals surface area (Å²) in [5.41, 5.74) is 5.30. The van der Waals surface area contributed by atoms with Gasteiger partial charge in [-0.3, -0.25) is 24.1 Å². The monoisotopic (exact) mass is 1030 g/mol. The largest absolute Gasteiger partial charge is 0.391 e. The van der Waals surface area contributed by atoms with Crippen molar-refractivity contribution in [2.75, 3.05) is 62.7 Å². The molecule has 6 heterocycles. The number of hydrogen-bond acceptors (Lipinski definition) is 15. The number of nitrogens with zero attached hydrogens (tertiary/aromatic N) is 9. The van der Waals surface area contributed by atoms with Gasteiger partial charge in [-0.1, -0.05) is 57.2 Å². The van der Waals surface area contributed by atoms with Gasteiger partial charge in [0.1, 0.15) is 23.1 Å². The Morgan fingerprint density at radius 3 is 2.38 bits per heavy atom. The summed E-state index contributed by atoms with van der Waals surface area (Å²) >= 11 is 1.58. The van der Waals surface area contributed by atoms with Crippen molar-refractivity contribution in [3.63, 3.8) is 0 Å². The Hall–Kier alpha value is -6.84. The van der Waals surface area contributed by atoms with E-state index in [4.69, 9.17) is 9.72 Å². The van der Waals surface area contributed by atoms with E-state index in [9.17, 15) is 29.4 Å². The number of β-amino-alcohol motifs (C(OH)–C–C–N with tert-alkyl or cyclic N) is 1. The van der Waals surface area contributed by atoms with Crippen molar-refractivity contribution in [2.45, 2.75) is 97.7 Å². The van der Waals surface area contributed by atoms with Crippen molar-refractivity contribution in [2.24, 2.45) is 5.41 Å². The van der Waals surface area contributed by atoms with Gasteiger partial charge in [0.15, 0.2) is 11.5 Å². The molecule has 0 saturated carbocycles. The van der Waals surface area contributed by atoms with Crippen molar-refractivity contribution in [3.05, 3.63) is 118 Å². The van der Waals surface area contributed by atoms with Crippen LogP contribution in [-0.4, -0.2) is 138 Å². The second kappa shape index (κ2) is 23.1. The van der Waals surface area contributed by atoms with E-state index in [1.807, 2.05) is 69.6 Å². The number of pyridine rings is 1. The minimum atomic E-state index is -1.19. The quantitative estimate of drug-likeness (QED) is 0.0484. The van der Waals surface area contributed by atoms with E-state index in [1.165, 1.54) is 15.8 Å². The van der Waals surface area contributed by atoms with Gasteiger partial charge in [-0.15, -0.1) is 17.9 Å². The molecule has 2 saturated heterocycles. The topological polar surface area (TPSA) is 225 Å². The maximum absolute atomic E-state index is 14.1. The van der Waals surface area contributed by atoms with E-state index >= 15 is 0 Å². The van der Waals surface area contributed by atoms with E-state index in [0.29, 0.717) is 35.1 Å². The fourth-order valence-electron chi connectivity index (χ4n) is 9.28. The van der Waals surface area contributed by atoms with Gasteiger partial charge in [0.2, 0.25) is 23.7 Å². The maximum Gasteiger partial charge on any atom is 0.278 e. The van der Waals surface area contributed by atoms with Crippen LogP contribution >= 0.6 is 11.3 Å². The zero-order valence-electron chi connectivity index (χ0n) is 43.1. The van der Waals surface area contributed by atoms with Crippen molar-refractivity contribution >= 4 is 57.4 Å². The van der Waals surface area contributed by atoms with Crippen LogP contribution in [0.2, 0.25) is 0 Å². The summed E-state index contributed by atoms with van der Waals surface area (Å²) in [6.45, 7) is 20.2. The third-order valence-electron chi connectivity index (χ3n) is 13.4. The molecule has 0 spiro atoms. The molecule has 5 N–H and O–H groups in total. The van der Waals surface area contributed by atoms with Gasteiger partial charge in [-0.25, -0.2) is 24.3 Å². The number of aromatic nitrogens is 6. The average Bonchev–Trinajstić information content (AvgIpc) is 4.07. The number of thiazole rings is 1. The normalized spacial score (nSPS) is 16.9. The highest BCUT2D eigenvalue weighted by Crippen LogP contribution is 2.29. The lowest BCUT2D eigenvalue weighted by Gasteiger charge is -2.36. The average molecular weight is 1030 g/mol. The molecule has 8 rings (SSSR count). The molecule has 3 atom stereocenters. The molecular weight excluding hydrogens is 961 g/mol. The fraction of sp³-hybridized carbons (Fsp3) is 0.444. The van der Waals surface area contributed by atoms with Crippen molar-refractivity contribution in [3.8, 4) is 16.3 Å². The predicted molar refractivity (Wildman–Crippen MR) is 286 cm³/mol. The number of ether oxygens (including phenoxy) is 1. The van der Waals surface area contributed by atoms with E-state index in [2.05, 4.69) is 59.4 Å². The first-order valence-corrected chi connectivity index (χ1v) is 26.0. The molecular formula is C54H68N12O7S. The number of carbonyl (C=O) groups excluding carboxylic acids is 3. The molecule has 6 aromatic rings. The van der Waals surface area contributed by atoms with Crippen LogP contribution in [0.3, 0.4) is 0 Å². The number of anilines is 3. The zero-order chi connectivity index (χ0) is 52.7. The summed E-state index contributed by atoms with van der Waals surface area (Å²) in [4.78, 5) is 79.6. The van der Waals surface area contributed by atoms with Crippen LogP contribution in [0.15, 0.2) is 95.9 Å². The number of hydrogen-bond donors (Lipinski definition) is 5. The Bertz CT molecular complexity index is 2990. The highest BCUT2D eigenvalue weighted by Gasteiger charge is 2.44. The molecule has 20 heteroatoms. The number of likely N-dealkylation sites (tertiary alicyclic amines) is 1. The number of carbonyl (C=O) groups is 3. The number of piperazine rings is 1. The van der Waals surface area contributed by atoms with Crippen molar-refractivity contribution in [1.29, 1.82) is 0 Å². The number of aliphatic hydroxyl groups is 2. The minimum Gasteiger partial charge on any atom is -0.391 e. The lowest BCUT2D eigenvalue weighted by Crippen LogP contribution is -2.57. The SMILES string of the molecule is C=CCn1c(=O)c2cnc(Nc3ccc(N4CCN(CCCOCCC(=O)N[C@H](C(=O)N5C[C@H](O)C[C@H]5C(=O)NCc5ccc(-c6scnc6C)cc5)C(C)(C)C)CC4)cc3)nc2n1-c1cccc(C(C)(C)O)n1. The zero-order valence-corrected chi connectivity index (χ0v) is 43.9. The van der Waals surface area contributed by atoms with Gasteiger partial charge in [-0.05, 0) is 80.1 Å². The predicted octanol–water partition coefficient (Wildman–Crippen LogP) is 5.29. The molecule has 2 aliphatic heterocycles. The molecule has 0 radical (unpaired) electrons. The van der Waals surface area contributed by atoms with Crippen LogP contribution < -0.4 is 26.4 Å². The number of aryl methyl sites for hydroxylation is 1. The summed E-state index contributed by atoms with van der Waals surface area (Å²) in [6.07, 6.45) is 3.27. The van der Waals surface area contributed by atoms with Gasteiger partial charge < -0.3 is 40.7 Å². The smallest absolute Gasteiger partial charge is 0.278 e. The van der Waals surface area contributed by atoms with Crippen molar-refractivity contribution in [1.82, 2.24) is 49.7 Å². The van der Waals surface area contributed by atoms with Crippen LogP contribution in [0.4, 0.5) is 17.3 Å². The molecule has 0 bridgehead atoms. The number of fused-ring (bicyclic) bond motifs is 1. The van der Waals surface area contributed by atoms with Crippen LogP contribution in [0.1, 0.15) is 70.8 Å². The van der Waals surface area contributed by atoms with Crippen LogP contribution in [0, 0.1) is 12.3 Å². The van der Waals surface area contributed by atoms with E-state index in [1.54, 1.807) is 54.1 Å². The summed E-state index contributed by atoms with van der Waals surface area (Å²) < 4.78 is 9.00. The Morgan fingerprint density at radius 1 is 0.959 bits per heavy atom. The first-order chi connectivity index (χ1) is 35.4. The lowest BCUT2D eigenvalue weighted by atomic mass is 9.85. The minimum absolute atomic E-state index is 0.00353. The van der Waals surface area contributed by atoms with Gasteiger partial charge in [0, 0.05) is 82.8 Å². The molecule has 74 heavy (non-hydrogen) atoms. The summed E-state index contributed by atoms with van der Waals surface area (Å²) in [6, 6.07) is 19.5. The summed E-state index contributed by atoms with van der Waals surface area (Å²) in [5, 5.41) is 30.7. The number of rotatable bonds is 20. The second-order valence-corrected chi connectivity index (χ2v) is 21.4. The first-order valence-electron chi connectivity index (χ1n) is 25.1. The van der Waals surface area contributed by atoms with E-state index in [-0.39, 0.29) is 56.5 Å². The Morgan fingerprint density at radius 2 is 1.70 bits per heavy atom. The Balaban J connectivity index is 0.756. The molecule has 0 aliphatic carbocycles. The third kappa shape index (κ3) is 12.7. The van der Waals surface area contributed by atoms with Gasteiger partial charge in [-0.2, -0.15) is 4.98 Å². The molecule has 2 aromatic carbocycles. The number of benzene rings is 2. The Labute approximate surface area is 435 Å². The van der Waals surface area contributed by atoms with E-state index in [0.717, 1.165) is 72.2 Å². The molecule has 2 fully saturated rings. The molecule has 3 amide bonds. The fourth-order valence-corrected chi connectivity index (χ4v) is 10.1. The summed E-state index contributed by atoms with van der Waals surface area (Å²) in [7, 11) is 0. The van der Waals surface area contributed by atoms with Crippen molar-refractivity contribution < 1.29 is 29.3 Å². The second-order valence-electron chi connectivity index (χ2n) is 20.5. The summed E-state index contributed by atoms with van der Waals surface area (Å²) in [5.74, 6) is -0.341. The van der Waals surface area contributed by atoms with Crippen LogP contribution in [-0.2, 0) is 37.8 Å². The van der Waals surface area contributed by atoms with Gasteiger partial charge in [0.25, 0.3) is 5.56 Å². The molecule has 19 nitrogen and oxygen atoms in total. The van der Waals surface area contributed by atoms with Gasteiger partial charge in [0.05, 0.1) is 41.0 Å². The maximum atomic E-state index is 14.1. The van der Waals surface area contributed by atoms with E-state index < -0.39 is 35.1 Å². The molecule has 2 aliphatic rings.